The van der Waals surface area contributed by atoms with Crippen LogP contribution in [-0.2, 0) is 95.7 Å². The third-order valence-corrected chi connectivity index (χ3v) is 16.5. The maximum atomic E-state index is 15.1. The van der Waals surface area contributed by atoms with Gasteiger partial charge in [-0.1, -0.05) is 110 Å². The van der Waals surface area contributed by atoms with E-state index in [2.05, 4.69) is 9.80 Å². The molecule has 0 aromatic heterocycles. The van der Waals surface area contributed by atoms with E-state index >= 15 is 9.59 Å². The molecule has 95 heavy (non-hydrogen) atoms. The summed E-state index contributed by atoms with van der Waals surface area (Å²) in [5.41, 5.74) is 2.98. The fourth-order valence-electron chi connectivity index (χ4n) is 11.1. The Balaban J connectivity index is 1.41. The largest absolute Gasteiger partial charge is 0.458 e. The molecule has 0 aliphatic carbocycles. The standard InChI is InChI=1S/C72H106N6O17/c1-46(2)39-57(74(15)65(81)62(44-53-25-29-56(30-26-53)78-33-37-89-38-34-78)94-70(86)60(42-49(7)8)76(17)71(87)95-72(11,12)13)67(83)91-50(9)63(79)73(14)59(41-48(5)6)69(85)93-61(43-52-23-27-55(28-24-52)77-31-35-88-36-32-77)64(80)75(16)58(40-47(3)4)68(84)92-51(10)66(82)90-45-54-21-19-18-20-22-54/h18-30,46-51,57-62H,31-45H2,1-17H3/t50-,51-,57+,58-,59+,60+,61-,62-/m1/s1. The SMILES string of the molecule is CC(C)C[C@H](C(=O)O[C@H](C)C(=O)OCc1ccccc1)N(C)C(=O)[C@@H](Cc1ccc(N2CCOCC2)cc1)OC(=O)[C@H](CC(C)C)N(C)C(=O)[C@@H](C)OC(=O)[C@H](CC(C)C)N(C)C(=O)[C@@H](Cc1ccc(N2CCOCC2)cc1)OC(=O)[C@H](CC(C)C)N(C)C(=O)OC(C)(C)C. The van der Waals surface area contributed by atoms with Gasteiger partial charge in [0.2, 0.25) is 0 Å². The van der Waals surface area contributed by atoms with E-state index in [1.807, 2.05) is 110 Å². The molecule has 2 saturated heterocycles. The number of carbonyl (C=O) groups is 9. The Bertz CT molecular complexity index is 2980. The van der Waals surface area contributed by atoms with Crippen LogP contribution in [0.3, 0.4) is 0 Å². The Morgan fingerprint density at radius 1 is 0.421 bits per heavy atom. The number of rotatable bonds is 32. The van der Waals surface area contributed by atoms with Crippen molar-refractivity contribution in [3.05, 3.63) is 95.6 Å². The van der Waals surface area contributed by atoms with Crippen LogP contribution in [-0.4, -0.2) is 208 Å². The predicted molar refractivity (Wildman–Crippen MR) is 359 cm³/mol. The first kappa shape index (κ1) is 77.9. The molecular formula is C72H106N6O17. The molecule has 2 heterocycles. The molecular weight excluding hydrogens is 1220 g/mol. The van der Waals surface area contributed by atoms with Crippen molar-refractivity contribution >= 4 is 65.0 Å². The van der Waals surface area contributed by atoms with Crippen LogP contribution in [0.15, 0.2) is 78.9 Å². The quantitative estimate of drug-likeness (QED) is 0.0420. The number of likely N-dealkylation sites (N-methyl/N-ethyl adjacent to an activating group) is 4. The van der Waals surface area contributed by atoms with E-state index in [-0.39, 0.29) is 68.8 Å². The zero-order valence-corrected chi connectivity index (χ0v) is 59.2. The summed E-state index contributed by atoms with van der Waals surface area (Å²) in [4.78, 5) is 139. The van der Waals surface area contributed by atoms with Gasteiger partial charge in [0.05, 0.1) is 26.4 Å². The van der Waals surface area contributed by atoms with E-state index in [1.165, 1.54) is 51.8 Å². The van der Waals surface area contributed by atoms with Crippen molar-refractivity contribution in [3.8, 4) is 0 Å². The number of ether oxygens (including phenoxy) is 8. The normalized spacial score (nSPS) is 16.1. The maximum Gasteiger partial charge on any atom is 0.410 e. The van der Waals surface area contributed by atoms with Crippen molar-refractivity contribution in [2.45, 2.75) is 189 Å². The van der Waals surface area contributed by atoms with E-state index in [9.17, 15) is 33.6 Å². The molecule has 2 aliphatic heterocycles. The monoisotopic (exact) mass is 1330 g/mol. The number of benzene rings is 3. The van der Waals surface area contributed by atoms with E-state index in [4.69, 9.17) is 37.9 Å². The highest BCUT2D eigenvalue weighted by Crippen LogP contribution is 2.27. The molecule has 2 fully saturated rings. The van der Waals surface area contributed by atoms with Gasteiger partial charge in [0.1, 0.15) is 36.4 Å². The van der Waals surface area contributed by atoms with Crippen molar-refractivity contribution in [1.82, 2.24) is 19.6 Å². The van der Waals surface area contributed by atoms with Gasteiger partial charge >= 0.3 is 35.9 Å². The minimum Gasteiger partial charge on any atom is -0.458 e. The molecule has 0 saturated carbocycles. The fourth-order valence-corrected chi connectivity index (χ4v) is 11.1. The number of morpholine rings is 2. The van der Waals surface area contributed by atoms with E-state index in [1.54, 1.807) is 45.0 Å². The molecule has 3 aromatic carbocycles. The Hall–Kier alpha value is -7.79. The van der Waals surface area contributed by atoms with Crippen LogP contribution in [0.4, 0.5) is 16.2 Å². The number of hydrogen-bond donors (Lipinski definition) is 0. The summed E-state index contributed by atoms with van der Waals surface area (Å²) < 4.78 is 46.2. The lowest BCUT2D eigenvalue weighted by Gasteiger charge is -2.35. The molecule has 8 atom stereocenters. The van der Waals surface area contributed by atoms with Crippen LogP contribution in [0.2, 0.25) is 0 Å². The molecule has 23 heteroatoms. The summed E-state index contributed by atoms with van der Waals surface area (Å²) in [5.74, 6) is -7.42. The smallest absolute Gasteiger partial charge is 0.410 e. The van der Waals surface area contributed by atoms with Gasteiger partial charge in [-0.2, -0.15) is 0 Å². The van der Waals surface area contributed by atoms with Gasteiger partial charge < -0.3 is 62.4 Å². The van der Waals surface area contributed by atoms with Gasteiger partial charge in [-0.3, -0.25) is 19.3 Å². The first-order valence-electron chi connectivity index (χ1n) is 33.4. The molecule has 23 nitrogen and oxygen atoms in total. The van der Waals surface area contributed by atoms with Gasteiger partial charge in [-0.15, -0.1) is 0 Å². The second-order valence-electron chi connectivity index (χ2n) is 27.6. The molecule has 0 spiro atoms. The number of carbonyl (C=O) groups excluding carboxylic acids is 9. The molecule has 5 rings (SSSR count). The summed E-state index contributed by atoms with van der Waals surface area (Å²) in [6.07, 6.45) is -6.57. The molecule has 0 unspecified atom stereocenters. The zero-order valence-electron chi connectivity index (χ0n) is 59.2. The lowest BCUT2D eigenvalue weighted by molar-refractivity contribution is -0.175. The third-order valence-electron chi connectivity index (χ3n) is 16.5. The Morgan fingerprint density at radius 2 is 0.758 bits per heavy atom. The van der Waals surface area contributed by atoms with Gasteiger partial charge in [0.15, 0.2) is 24.4 Å². The zero-order chi connectivity index (χ0) is 70.4. The van der Waals surface area contributed by atoms with Gasteiger partial charge in [0.25, 0.3) is 17.7 Å². The van der Waals surface area contributed by atoms with E-state index in [0.717, 1.165) is 26.7 Å². The highest BCUT2D eigenvalue weighted by Gasteiger charge is 2.43. The van der Waals surface area contributed by atoms with E-state index in [0.29, 0.717) is 63.7 Å². The number of nitrogens with zero attached hydrogens (tertiary/aromatic N) is 6. The minimum atomic E-state index is -1.56. The molecule has 526 valence electrons. The first-order chi connectivity index (χ1) is 44.7. The summed E-state index contributed by atoms with van der Waals surface area (Å²) in [6.45, 7) is 27.7. The predicted octanol–water partition coefficient (Wildman–Crippen LogP) is 8.48. The highest BCUT2D eigenvalue weighted by molar-refractivity contribution is 5.93. The van der Waals surface area contributed by atoms with E-state index < -0.39 is 108 Å². The maximum absolute atomic E-state index is 15.1. The molecule has 0 N–H and O–H groups in total. The summed E-state index contributed by atoms with van der Waals surface area (Å²) >= 11 is 0. The minimum absolute atomic E-state index is 0.0438. The number of hydrogen-bond acceptors (Lipinski definition) is 19. The number of anilines is 2. The Morgan fingerprint density at radius 3 is 1.12 bits per heavy atom. The Kier molecular flexibility index (Phi) is 30.3. The van der Waals surface area contributed by atoms with Crippen molar-refractivity contribution in [2.75, 3.05) is 90.6 Å². The van der Waals surface area contributed by atoms with Crippen molar-refractivity contribution < 1.29 is 81.0 Å². The van der Waals surface area contributed by atoms with Crippen LogP contribution < -0.4 is 9.80 Å². The fraction of sp³-hybridized carbons (Fsp3) is 0.625. The van der Waals surface area contributed by atoms with Crippen LogP contribution >= 0.6 is 0 Å². The van der Waals surface area contributed by atoms with Gasteiger partial charge in [0, 0.05) is 78.6 Å². The topological polar surface area (TPSA) is 247 Å². The Labute approximate surface area is 562 Å². The number of amides is 4. The van der Waals surface area contributed by atoms with Gasteiger partial charge in [-0.05, 0) is 125 Å². The summed E-state index contributed by atoms with van der Waals surface area (Å²) in [7, 11) is 5.61. The van der Waals surface area contributed by atoms with Crippen LogP contribution in [0.25, 0.3) is 0 Å². The average molecular weight is 1330 g/mol. The summed E-state index contributed by atoms with van der Waals surface area (Å²) in [5, 5.41) is 0. The second-order valence-corrected chi connectivity index (χ2v) is 27.6. The van der Waals surface area contributed by atoms with Gasteiger partial charge in [-0.25, -0.2) is 28.8 Å². The lowest BCUT2D eigenvalue weighted by Crippen LogP contribution is -2.54. The molecule has 2 aliphatic rings. The van der Waals surface area contributed by atoms with Crippen molar-refractivity contribution in [3.63, 3.8) is 0 Å². The molecule has 3 aromatic rings. The summed E-state index contributed by atoms with van der Waals surface area (Å²) in [6, 6.07) is 18.9. The van der Waals surface area contributed by atoms with Crippen molar-refractivity contribution in [2.24, 2.45) is 23.7 Å². The average Bonchev–Trinajstić information content (AvgIpc) is 1.09. The second kappa shape index (κ2) is 36.9. The van der Waals surface area contributed by atoms with Crippen molar-refractivity contribution in [1.29, 1.82) is 0 Å². The highest BCUT2D eigenvalue weighted by atomic mass is 16.6. The lowest BCUT2D eigenvalue weighted by atomic mass is 10.00. The number of esters is 5. The van der Waals surface area contributed by atoms with Crippen LogP contribution in [0, 0.1) is 23.7 Å². The third kappa shape index (κ3) is 24.4. The molecule has 0 radical (unpaired) electrons. The molecule has 4 amide bonds. The first-order valence-corrected chi connectivity index (χ1v) is 33.4. The van der Waals surface area contributed by atoms with Crippen LogP contribution in [0.5, 0.6) is 0 Å². The van der Waals surface area contributed by atoms with Crippen LogP contribution in [0.1, 0.15) is 132 Å². The molecule has 0 bridgehead atoms.